The quantitative estimate of drug-likeness (QED) is 0.790. The van der Waals surface area contributed by atoms with Crippen LogP contribution in [0.3, 0.4) is 0 Å². The van der Waals surface area contributed by atoms with Gasteiger partial charge < -0.3 is 5.11 Å². The van der Waals surface area contributed by atoms with E-state index in [-0.39, 0.29) is 11.5 Å². The maximum Gasteiger partial charge on any atom is 0.330 e. The van der Waals surface area contributed by atoms with Crippen LogP contribution in [-0.2, 0) is 4.79 Å². The number of hydrogen-bond acceptors (Lipinski definition) is 1. The van der Waals surface area contributed by atoms with Crippen LogP contribution >= 0.6 is 23.2 Å². The molecule has 0 aliphatic rings. The lowest BCUT2D eigenvalue weighted by atomic mass is 9.89. The first kappa shape index (κ1) is 15.6. The van der Waals surface area contributed by atoms with Gasteiger partial charge in [-0.15, -0.1) is 0 Å². The van der Waals surface area contributed by atoms with Crippen LogP contribution in [0.4, 0.5) is 0 Å². The third-order valence-corrected chi connectivity index (χ3v) is 3.68. The van der Waals surface area contributed by atoms with Crippen molar-refractivity contribution in [3.05, 3.63) is 81.4 Å². The molecule has 2 aromatic carbocycles. The van der Waals surface area contributed by atoms with E-state index in [0.717, 1.165) is 11.1 Å². The van der Waals surface area contributed by atoms with Crippen molar-refractivity contribution in [2.24, 2.45) is 0 Å². The number of benzene rings is 2. The highest BCUT2D eigenvalue weighted by atomic mass is 35.5. The Kier molecular flexibility index (Phi) is 5.05. The Labute approximate surface area is 133 Å². The average molecular weight is 321 g/mol. The molecule has 0 heterocycles. The lowest BCUT2D eigenvalue weighted by Crippen LogP contribution is -2.03. The van der Waals surface area contributed by atoms with E-state index >= 15 is 0 Å². The second-order valence-corrected chi connectivity index (χ2v) is 5.61. The Morgan fingerprint density at radius 1 is 1.05 bits per heavy atom. The standard InChI is InChI=1S/C17H14Cl2O2/c1-11(17(20)21)9-16(12-5-7-14(18)8-6-12)13-3-2-4-15(19)10-13/h2-10,16H,1H3,(H,20,21)/b11-9+. The summed E-state index contributed by atoms with van der Waals surface area (Å²) >= 11 is 12.0. The van der Waals surface area contributed by atoms with E-state index in [9.17, 15) is 4.79 Å². The number of rotatable bonds is 4. The van der Waals surface area contributed by atoms with Crippen LogP contribution in [0.2, 0.25) is 10.0 Å². The van der Waals surface area contributed by atoms with E-state index in [1.54, 1.807) is 31.2 Å². The fourth-order valence-corrected chi connectivity index (χ4v) is 2.40. The Morgan fingerprint density at radius 2 is 1.71 bits per heavy atom. The van der Waals surface area contributed by atoms with Gasteiger partial charge >= 0.3 is 5.97 Å². The van der Waals surface area contributed by atoms with Gasteiger partial charge in [-0.05, 0) is 42.3 Å². The normalized spacial score (nSPS) is 13.0. The van der Waals surface area contributed by atoms with Gasteiger partial charge in [0.15, 0.2) is 0 Å². The molecule has 0 aliphatic heterocycles. The molecule has 0 saturated heterocycles. The molecule has 2 nitrogen and oxygen atoms in total. The number of carbonyl (C=O) groups is 1. The molecule has 0 radical (unpaired) electrons. The third kappa shape index (κ3) is 4.10. The zero-order chi connectivity index (χ0) is 15.4. The number of halogens is 2. The third-order valence-electron chi connectivity index (χ3n) is 3.19. The van der Waals surface area contributed by atoms with Gasteiger partial charge in [0.2, 0.25) is 0 Å². The number of aliphatic carboxylic acids is 1. The lowest BCUT2D eigenvalue weighted by molar-refractivity contribution is -0.132. The fourth-order valence-electron chi connectivity index (χ4n) is 2.08. The van der Waals surface area contributed by atoms with Crippen LogP contribution in [0.25, 0.3) is 0 Å². The summed E-state index contributed by atoms with van der Waals surface area (Å²) in [6.07, 6.45) is 1.72. The van der Waals surface area contributed by atoms with Gasteiger partial charge in [0.25, 0.3) is 0 Å². The van der Waals surface area contributed by atoms with Crippen molar-refractivity contribution in [2.45, 2.75) is 12.8 Å². The van der Waals surface area contributed by atoms with Gasteiger partial charge in [0.05, 0.1) is 0 Å². The molecule has 0 amide bonds. The van der Waals surface area contributed by atoms with E-state index in [1.807, 2.05) is 30.3 Å². The molecule has 0 saturated carbocycles. The van der Waals surface area contributed by atoms with E-state index in [4.69, 9.17) is 28.3 Å². The van der Waals surface area contributed by atoms with E-state index in [2.05, 4.69) is 0 Å². The van der Waals surface area contributed by atoms with Gasteiger partial charge in [0, 0.05) is 21.5 Å². The molecule has 108 valence electrons. The van der Waals surface area contributed by atoms with Gasteiger partial charge in [0.1, 0.15) is 0 Å². The summed E-state index contributed by atoms with van der Waals surface area (Å²) in [4.78, 5) is 11.1. The van der Waals surface area contributed by atoms with Crippen molar-refractivity contribution < 1.29 is 9.90 Å². The summed E-state index contributed by atoms with van der Waals surface area (Å²) < 4.78 is 0. The van der Waals surface area contributed by atoms with Crippen molar-refractivity contribution >= 4 is 29.2 Å². The van der Waals surface area contributed by atoms with E-state index in [1.165, 1.54) is 0 Å². The summed E-state index contributed by atoms with van der Waals surface area (Å²) in [6.45, 7) is 1.58. The van der Waals surface area contributed by atoms with Crippen LogP contribution in [0.15, 0.2) is 60.2 Å². The lowest BCUT2D eigenvalue weighted by Gasteiger charge is -2.15. The summed E-state index contributed by atoms with van der Waals surface area (Å²) in [5.74, 6) is -1.12. The molecule has 2 rings (SSSR count). The topological polar surface area (TPSA) is 37.3 Å². The summed E-state index contributed by atoms with van der Waals surface area (Å²) in [7, 11) is 0. The highest BCUT2D eigenvalue weighted by Crippen LogP contribution is 2.29. The molecule has 1 N–H and O–H groups in total. The molecule has 0 aliphatic carbocycles. The molecular formula is C17H14Cl2O2. The first-order valence-corrected chi connectivity index (χ1v) is 7.15. The fraction of sp³-hybridized carbons (Fsp3) is 0.118. The maximum absolute atomic E-state index is 11.1. The minimum absolute atomic E-state index is 0.183. The highest BCUT2D eigenvalue weighted by Gasteiger charge is 2.14. The van der Waals surface area contributed by atoms with Crippen LogP contribution in [0.5, 0.6) is 0 Å². The largest absolute Gasteiger partial charge is 0.478 e. The number of carboxylic acids is 1. The maximum atomic E-state index is 11.1. The zero-order valence-electron chi connectivity index (χ0n) is 11.4. The summed E-state index contributed by atoms with van der Waals surface area (Å²) in [5, 5.41) is 10.4. The average Bonchev–Trinajstić information content (AvgIpc) is 2.45. The monoisotopic (exact) mass is 320 g/mol. The first-order valence-electron chi connectivity index (χ1n) is 6.40. The summed E-state index contributed by atoms with van der Waals surface area (Å²) in [6, 6.07) is 14.8. The number of allylic oxidation sites excluding steroid dienone is 1. The zero-order valence-corrected chi connectivity index (χ0v) is 12.9. The number of carboxylic acid groups (broad SMARTS) is 1. The Hall–Kier alpha value is -1.77. The van der Waals surface area contributed by atoms with Crippen molar-refractivity contribution in [2.75, 3.05) is 0 Å². The van der Waals surface area contributed by atoms with Crippen molar-refractivity contribution in [1.29, 1.82) is 0 Å². The molecule has 2 aromatic rings. The van der Waals surface area contributed by atoms with Crippen LogP contribution < -0.4 is 0 Å². The molecule has 1 atom stereocenters. The second-order valence-electron chi connectivity index (χ2n) is 4.74. The van der Waals surface area contributed by atoms with Crippen LogP contribution in [-0.4, -0.2) is 11.1 Å². The Balaban J connectivity index is 2.51. The van der Waals surface area contributed by atoms with Crippen LogP contribution in [0, 0.1) is 0 Å². The number of hydrogen-bond donors (Lipinski definition) is 1. The van der Waals surface area contributed by atoms with E-state index < -0.39 is 5.97 Å². The predicted molar refractivity (Wildman–Crippen MR) is 86.1 cm³/mol. The molecule has 0 aromatic heterocycles. The highest BCUT2D eigenvalue weighted by molar-refractivity contribution is 6.30. The van der Waals surface area contributed by atoms with Gasteiger partial charge in [-0.25, -0.2) is 4.79 Å². The van der Waals surface area contributed by atoms with Crippen molar-refractivity contribution in [3.63, 3.8) is 0 Å². The van der Waals surface area contributed by atoms with E-state index in [0.29, 0.717) is 10.0 Å². The Bertz CT molecular complexity index is 675. The molecule has 1 unspecified atom stereocenters. The molecule has 0 fully saturated rings. The Morgan fingerprint density at radius 3 is 2.29 bits per heavy atom. The minimum atomic E-state index is -0.934. The molecule has 0 spiro atoms. The molecule has 0 bridgehead atoms. The van der Waals surface area contributed by atoms with Gasteiger partial charge in [-0.3, -0.25) is 0 Å². The smallest absolute Gasteiger partial charge is 0.330 e. The first-order chi connectivity index (χ1) is 9.97. The molecule has 4 heteroatoms. The molecular weight excluding hydrogens is 307 g/mol. The second kappa shape index (κ2) is 6.79. The summed E-state index contributed by atoms with van der Waals surface area (Å²) in [5.41, 5.74) is 2.18. The molecule has 21 heavy (non-hydrogen) atoms. The van der Waals surface area contributed by atoms with Crippen LogP contribution in [0.1, 0.15) is 24.0 Å². The van der Waals surface area contributed by atoms with Gasteiger partial charge in [-0.2, -0.15) is 0 Å². The van der Waals surface area contributed by atoms with Gasteiger partial charge in [-0.1, -0.05) is 53.5 Å². The van der Waals surface area contributed by atoms with Crippen molar-refractivity contribution in [1.82, 2.24) is 0 Å². The minimum Gasteiger partial charge on any atom is -0.478 e. The SMILES string of the molecule is C/C(=C\C(c1ccc(Cl)cc1)c1cccc(Cl)c1)C(=O)O. The predicted octanol–water partition coefficient (Wildman–Crippen LogP) is 5.16. The van der Waals surface area contributed by atoms with Crippen molar-refractivity contribution in [3.8, 4) is 0 Å².